The Bertz CT molecular complexity index is 469. The summed E-state index contributed by atoms with van der Waals surface area (Å²) >= 11 is 5.79. The lowest BCUT2D eigenvalue weighted by molar-refractivity contribution is -0.0498. The summed E-state index contributed by atoms with van der Waals surface area (Å²) in [6.07, 6.45) is 1.51. The molecular weight excluding hydrogens is 299 g/mol. The van der Waals surface area contributed by atoms with Crippen molar-refractivity contribution in [1.82, 2.24) is 5.32 Å². The van der Waals surface area contributed by atoms with Crippen molar-refractivity contribution in [2.75, 3.05) is 6.54 Å². The summed E-state index contributed by atoms with van der Waals surface area (Å²) in [6, 6.07) is 4.38. The highest BCUT2D eigenvalue weighted by molar-refractivity contribution is 6.30. The van der Waals surface area contributed by atoms with Gasteiger partial charge in [0.2, 0.25) is 5.92 Å². The first kappa shape index (κ1) is 16.6. The number of hydrogen-bond donors (Lipinski definition) is 1. The third-order valence-electron chi connectivity index (χ3n) is 4.14. The predicted molar refractivity (Wildman–Crippen MR) is 79.3 cm³/mol. The lowest BCUT2D eigenvalue weighted by Gasteiger charge is -2.34. The van der Waals surface area contributed by atoms with E-state index in [1.54, 1.807) is 12.1 Å². The third kappa shape index (κ3) is 4.36. The van der Waals surface area contributed by atoms with Gasteiger partial charge in [0.25, 0.3) is 0 Å². The van der Waals surface area contributed by atoms with Gasteiger partial charge >= 0.3 is 0 Å². The second-order valence-electron chi connectivity index (χ2n) is 5.79. The Hall–Kier alpha value is -0.740. The summed E-state index contributed by atoms with van der Waals surface area (Å²) in [5.74, 6) is -2.90. The molecular formula is C16H21ClF3N. The van der Waals surface area contributed by atoms with Gasteiger partial charge in [0.15, 0.2) is 0 Å². The van der Waals surface area contributed by atoms with Crippen molar-refractivity contribution in [3.63, 3.8) is 0 Å². The zero-order valence-electron chi connectivity index (χ0n) is 12.1. The van der Waals surface area contributed by atoms with Gasteiger partial charge in [0.1, 0.15) is 5.82 Å². The molecule has 118 valence electrons. The van der Waals surface area contributed by atoms with E-state index in [2.05, 4.69) is 5.32 Å². The molecule has 0 aliphatic heterocycles. The largest absolute Gasteiger partial charge is 0.310 e. The molecule has 5 heteroatoms. The summed E-state index contributed by atoms with van der Waals surface area (Å²) in [4.78, 5) is 0. The smallest absolute Gasteiger partial charge is 0.248 e. The van der Waals surface area contributed by atoms with Crippen molar-refractivity contribution < 1.29 is 13.2 Å². The Balaban J connectivity index is 2.18. The van der Waals surface area contributed by atoms with Crippen LogP contribution in [-0.2, 0) is 0 Å². The van der Waals surface area contributed by atoms with Crippen LogP contribution in [-0.4, -0.2) is 12.5 Å². The van der Waals surface area contributed by atoms with E-state index in [1.807, 2.05) is 6.92 Å². The fourth-order valence-corrected chi connectivity index (χ4v) is 3.14. The minimum atomic E-state index is -2.57. The Morgan fingerprint density at radius 2 is 2.00 bits per heavy atom. The quantitative estimate of drug-likeness (QED) is 0.772. The second-order valence-corrected chi connectivity index (χ2v) is 6.23. The number of hydrogen-bond acceptors (Lipinski definition) is 1. The van der Waals surface area contributed by atoms with Crippen molar-refractivity contribution in [2.24, 2.45) is 5.92 Å². The second kappa shape index (κ2) is 7.01. The van der Waals surface area contributed by atoms with Crippen molar-refractivity contribution >= 4 is 11.6 Å². The molecule has 0 aromatic heterocycles. The maximum atomic E-state index is 14.2. The third-order valence-corrected chi connectivity index (χ3v) is 4.38. The van der Waals surface area contributed by atoms with Crippen molar-refractivity contribution in [1.29, 1.82) is 0 Å². The van der Waals surface area contributed by atoms with Crippen LogP contribution < -0.4 is 5.32 Å². The number of halogens is 4. The number of alkyl halides is 2. The van der Waals surface area contributed by atoms with Crippen LogP contribution in [0, 0.1) is 11.7 Å². The van der Waals surface area contributed by atoms with E-state index in [9.17, 15) is 13.2 Å². The van der Waals surface area contributed by atoms with E-state index < -0.39 is 5.92 Å². The highest BCUT2D eigenvalue weighted by atomic mass is 35.5. The average molecular weight is 320 g/mol. The summed E-state index contributed by atoms with van der Waals surface area (Å²) in [5.41, 5.74) is 0.531. The maximum Gasteiger partial charge on any atom is 0.248 e. The summed E-state index contributed by atoms with van der Waals surface area (Å²) in [6.45, 7) is 2.76. The van der Waals surface area contributed by atoms with E-state index in [4.69, 9.17) is 11.6 Å². The molecule has 0 spiro atoms. The standard InChI is InChI=1S/C16H21ClF3N/c1-2-9-21-15(11-5-7-16(19,20)8-6-11)13-4-3-12(17)10-14(13)18/h3-4,10-11,15,21H,2,5-9H2,1H3. The van der Waals surface area contributed by atoms with E-state index in [0.717, 1.165) is 13.0 Å². The van der Waals surface area contributed by atoms with Crippen LogP contribution in [0.5, 0.6) is 0 Å². The van der Waals surface area contributed by atoms with E-state index in [1.165, 1.54) is 6.07 Å². The van der Waals surface area contributed by atoms with Crippen LogP contribution in [0.4, 0.5) is 13.2 Å². The van der Waals surface area contributed by atoms with Crippen molar-refractivity contribution in [3.05, 3.63) is 34.6 Å². The predicted octanol–water partition coefficient (Wildman–Crippen LogP) is 5.35. The molecule has 1 aromatic rings. The van der Waals surface area contributed by atoms with Crippen molar-refractivity contribution in [3.8, 4) is 0 Å². The first-order valence-corrected chi connectivity index (χ1v) is 7.87. The minimum Gasteiger partial charge on any atom is -0.310 e. The Labute approximate surface area is 128 Å². The lowest BCUT2D eigenvalue weighted by atomic mass is 9.79. The van der Waals surface area contributed by atoms with E-state index in [-0.39, 0.29) is 30.6 Å². The molecule has 1 aromatic carbocycles. The SMILES string of the molecule is CCCNC(c1ccc(Cl)cc1F)C1CCC(F)(F)CC1. The van der Waals surface area contributed by atoms with Crippen molar-refractivity contribution in [2.45, 2.75) is 51.0 Å². The van der Waals surface area contributed by atoms with E-state index in [0.29, 0.717) is 23.4 Å². The van der Waals surface area contributed by atoms with Gasteiger partial charge in [-0.1, -0.05) is 24.6 Å². The molecule has 1 aliphatic rings. The van der Waals surface area contributed by atoms with Gasteiger partial charge in [-0.2, -0.15) is 0 Å². The number of nitrogens with one attached hydrogen (secondary N) is 1. The molecule has 1 N–H and O–H groups in total. The van der Waals surface area contributed by atoms with Gasteiger partial charge in [-0.05, 0) is 43.9 Å². The molecule has 1 atom stereocenters. The molecule has 21 heavy (non-hydrogen) atoms. The molecule has 2 rings (SSSR count). The topological polar surface area (TPSA) is 12.0 Å². The van der Waals surface area contributed by atoms with Gasteiger partial charge in [0.05, 0.1) is 0 Å². The molecule has 1 saturated carbocycles. The van der Waals surface area contributed by atoms with Crippen LogP contribution in [0.25, 0.3) is 0 Å². The lowest BCUT2D eigenvalue weighted by Crippen LogP contribution is -2.35. The normalized spacial score (nSPS) is 20.4. The molecule has 0 bridgehead atoms. The van der Waals surface area contributed by atoms with Crippen LogP contribution in [0.2, 0.25) is 5.02 Å². The number of rotatable bonds is 5. The summed E-state index contributed by atoms with van der Waals surface area (Å²) in [5, 5.41) is 3.66. The minimum absolute atomic E-state index is 0.0341. The molecule has 1 fully saturated rings. The molecule has 1 unspecified atom stereocenters. The monoisotopic (exact) mass is 319 g/mol. The number of benzene rings is 1. The molecule has 0 heterocycles. The zero-order valence-corrected chi connectivity index (χ0v) is 12.9. The Kier molecular flexibility index (Phi) is 5.55. The van der Waals surface area contributed by atoms with Crippen LogP contribution >= 0.6 is 11.6 Å². The maximum absolute atomic E-state index is 14.2. The van der Waals surface area contributed by atoms with Gasteiger partial charge in [0, 0.05) is 29.5 Å². The first-order chi connectivity index (χ1) is 9.93. The van der Waals surface area contributed by atoms with Gasteiger partial charge in [-0.15, -0.1) is 0 Å². The van der Waals surface area contributed by atoms with Crippen LogP contribution in [0.1, 0.15) is 50.6 Å². The highest BCUT2D eigenvalue weighted by Gasteiger charge is 2.38. The highest BCUT2D eigenvalue weighted by Crippen LogP contribution is 2.42. The van der Waals surface area contributed by atoms with Gasteiger partial charge in [-0.3, -0.25) is 0 Å². The fraction of sp³-hybridized carbons (Fsp3) is 0.625. The molecule has 1 nitrogen and oxygen atoms in total. The molecule has 0 saturated heterocycles. The molecule has 0 radical (unpaired) electrons. The zero-order chi connectivity index (χ0) is 15.5. The molecule has 1 aliphatic carbocycles. The van der Waals surface area contributed by atoms with Crippen LogP contribution in [0.3, 0.4) is 0 Å². The Morgan fingerprint density at radius 3 is 2.57 bits per heavy atom. The fourth-order valence-electron chi connectivity index (χ4n) is 2.98. The van der Waals surface area contributed by atoms with Crippen LogP contribution in [0.15, 0.2) is 18.2 Å². The summed E-state index contributed by atoms with van der Waals surface area (Å²) < 4.78 is 40.8. The molecule has 0 amide bonds. The summed E-state index contributed by atoms with van der Waals surface area (Å²) in [7, 11) is 0. The van der Waals surface area contributed by atoms with Gasteiger partial charge < -0.3 is 5.32 Å². The first-order valence-electron chi connectivity index (χ1n) is 7.49. The Morgan fingerprint density at radius 1 is 1.33 bits per heavy atom. The van der Waals surface area contributed by atoms with Gasteiger partial charge in [-0.25, -0.2) is 13.2 Å². The van der Waals surface area contributed by atoms with E-state index >= 15 is 0 Å². The average Bonchev–Trinajstić information content (AvgIpc) is 2.42.